The summed E-state index contributed by atoms with van der Waals surface area (Å²) >= 11 is 0. The van der Waals surface area contributed by atoms with Crippen molar-refractivity contribution in [2.24, 2.45) is 0 Å². The van der Waals surface area contributed by atoms with Gasteiger partial charge in [-0.15, -0.1) is 0 Å². The number of carbonyl (C=O) groups is 2. The van der Waals surface area contributed by atoms with Crippen LogP contribution in [-0.4, -0.2) is 55.2 Å². The van der Waals surface area contributed by atoms with Crippen molar-refractivity contribution in [1.82, 2.24) is 15.2 Å². The fourth-order valence-corrected chi connectivity index (χ4v) is 3.30. The maximum atomic E-state index is 12.7. The molecule has 4 rings (SSSR count). The number of nitrogens with one attached hydrogen (secondary N) is 1. The zero-order valence-corrected chi connectivity index (χ0v) is 15.6. The van der Waals surface area contributed by atoms with Crippen molar-refractivity contribution in [3.8, 4) is 17.2 Å². The Balaban J connectivity index is 1.44. The Morgan fingerprint density at radius 2 is 2.14 bits per heavy atom. The summed E-state index contributed by atoms with van der Waals surface area (Å²) in [5, 5.41) is 2.82. The fourth-order valence-electron chi connectivity index (χ4n) is 3.30. The highest BCUT2D eigenvalue weighted by molar-refractivity contribution is 6.01. The third-order valence-electron chi connectivity index (χ3n) is 4.81. The second-order valence-electron chi connectivity index (χ2n) is 6.69. The van der Waals surface area contributed by atoms with Gasteiger partial charge in [0.1, 0.15) is 0 Å². The number of benzene rings is 1. The maximum Gasteiger partial charge on any atom is 0.257 e. The van der Waals surface area contributed by atoms with Crippen molar-refractivity contribution >= 4 is 11.8 Å². The molecule has 3 heterocycles. The molecule has 2 aliphatic heterocycles. The predicted molar refractivity (Wildman–Crippen MR) is 99.7 cm³/mol. The molecule has 0 bridgehead atoms. The predicted octanol–water partition coefficient (Wildman–Crippen LogP) is 1.18. The molecular weight excluding hydrogens is 362 g/mol. The fraction of sp³-hybridized carbons (Fsp3) is 0.350. The van der Waals surface area contributed by atoms with Crippen LogP contribution in [0.3, 0.4) is 0 Å². The molecule has 8 heteroatoms. The van der Waals surface area contributed by atoms with Gasteiger partial charge in [-0.1, -0.05) is 0 Å². The van der Waals surface area contributed by atoms with Crippen molar-refractivity contribution < 1.29 is 23.8 Å². The molecule has 2 aliphatic rings. The Kier molecular flexibility index (Phi) is 5.01. The van der Waals surface area contributed by atoms with Gasteiger partial charge in [0, 0.05) is 32.5 Å². The third kappa shape index (κ3) is 3.58. The first-order chi connectivity index (χ1) is 13.6. The van der Waals surface area contributed by atoms with Gasteiger partial charge in [-0.05, 0) is 42.2 Å². The summed E-state index contributed by atoms with van der Waals surface area (Å²) in [5.74, 6) is 0.797. The molecular formula is C20H21N3O5. The van der Waals surface area contributed by atoms with E-state index in [0.717, 1.165) is 11.1 Å². The summed E-state index contributed by atoms with van der Waals surface area (Å²) in [6.45, 7) is 0.967. The number of pyridine rings is 1. The van der Waals surface area contributed by atoms with Crippen LogP contribution in [0.2, 0.25) is 0 Å². The molecule has 0 saturated heterocycles. The number of fused-ring (bicyclic) bond motifs is 2. The van der Waals surface area contributed by atoms with E-state index in [0.29, 0.717) is 43.0 Å². The molecule has 2 aromatic rings. The summed E-state index contributed by atoms with van der Waals surface area (Å²) in [6.07, 6.45) is 4.83. The monoisotopic (exact) mass is 383 g/mol. The number of aromatic nitrogens is 1. The minimum Gasteiger partial charge on any atom is -0.479 e. The molecule has 0 atom stereocenters. The lowest BCUT2D eigenvalue weighted by Crippen LogP contribution is -2.35. The molecule has 0 unspecified atom stereocenters. The number of carbonyl (C=O) groups excluding carboxylic acids is 2. The molecule has 2 amide bonds. The second-order valence-corrected chi connectivity index (χ2v) is 6.69. The molecule has 0 spiro atoms. The molecule has 1 aromatic heterocycles. The Morgan fingerprint density at radius 1 is 1.32 bits per heavy atom. The lowest BCUT2D eigenvalue weighted by atomic mass is 9.97. The quantitative estimate of drug-likeness (QED) is 0.806. The molecule has 1 aromatic carbocycles. The Bertz CT molecular complexity index is 900. The van der Waals surface area contributed by atoms with E-state index < -0.39 is 0 Å². The van der Waals surface area contributed by atoms with Gasteiger partial charge in [0.05, 0.1) is 5.56 Å². The largest absolute Gasteiger partial charge is 0.479 e. The van der Waals surface area contributed by atoms with E-state index in [9.17, 15) is 9.59 Å². The van der Waals surface area contributed by atoms with E-state index in [4.69, 9.17) is 14.2 Å². The van der Waals surface area contributed by atoms with Crippen LogP contribution in [0.1, 0.15) is 21.5 Å². The van der Waals surface area contributed by atoms with Crippen molar-refractivity contribution in [1.29, 1.82) is 0 Å². The zero-order chi connectivity index (χ0) is 19.5. The van der Waals surface area contributed by atoms with Gasteiger partial charge in [0.2, 0.25) is 12.5 Å². The number of ether oxygens (including phenoxy) is 3. The molecule has 0 aliphatic carbocycles. The van der Waals surface area contributed by atoms with Gasteiger partial charge in [-0.25, -0.2) is 0 Å². The van der Waals surface area contributed by atoms with E-state index in [-0.39, 0.29) is 31.0 Å². The van der Waals surface area contributed by atoms with Crippen molar-refractivity contribution in [3.05, 3.63) is 47.3 Å². The number of rotatable bonds is 6. The van der Waals surface area contributed by atoms with E-state index in [1.807, 2.05) is 18.2 Å². The molecule has 8 nitrogen and oxygen atoms in total. The SMILES string of the molecule is CN1CCc2cc3c(c(OCC(=O)NCCc4ccncc4)c2C1=O)OCO3. The highest BCUT2D eigenvalue weighted by Crippen LogP contribution is 2.46. The van der Waals surface area contributed by atoms with Crippen LogP contribution in [-0.2, 0) is 17.6 Å². The van der Waals surface area contributed by atoms with Crippen LogP contribution < -0.4 is 19.5 Å². The van der Waals surface area contributed by atoms with Gasteiger partial charge in [0.15, 0.2) is 18.1 Å². The molecule has 146 valence electrons. The first kappa shape index (κ1) is 18.1. The maximum absolute atomic E-state index is 12.7. The highest BCUT2D eigenvalue weighted by Gasteiger charge is 2.33. The van der Waals surface area contributed by atoms with Crippen LogP contribution in [0.4, 0.5) is 0 Å². The third-order valence-corrected chi connectivity index (χ3v) is 4.81. The number of hydrogen-bond donors (Lipinski definition) is 1. The van der Waals surface area contributed by atoms with Gasteiger partial charge in [0.25, 0.3) is 11.8 Å². The van der Waals surface area contributed by atoms with Crippen molar-refractivity contribution in [2.45, 2.75) is 12.8 Å². The topological polar surface area (TPSA) is 90.0 Å². The number of amides is 2. The molecule has 0 fully saturated rings. The van der Waals surface area contributed by atoms with E-state index in [1.54, 1.807) is 24.3 Å². The average Bonchev–Trinajstić information content (AvgIpc) is 3.17. The molecule has 1 N–H and O–H groups in total. The number of likely N-dealkylation sites (N-methyl/N-ethyl adjacent to an activating group) is 1. The molecule has 28 heavy (non-hydrogen) atoms. The Labute approximate surface area is 162 Å². The summed E-state index contributed by atoms with van der Waals surface area (Å²) < 4.78 is 16.7. The number of hydrogen-bond acceptors (Lipinski definition) is 6. The minimum atomic E-state index is -0.268. The van der Waals surface area contributed by atoms with Crippen LogP contribution >= 0.6 is 0 Å². The summed E-state index contributed by atoms with van der Waals surface area (Å²) in [7, 11) is 1.74. The van der Waals surface area contributed by atoms with Gasteiger partial charge >= 0.3 is 0 Å². The van der Waals surface area contributed by atoms with Gasteiger partial charge in [-0.3, -0.25) is 14.6 Å². The van der Waals surface area contributed by atoms with E-state index in [2.05, 4.69) is 10.3 Å². The van der Waals surface area contributed by atoms with E-state index >= 15 is 0 Å². The normalized spacial score (nSPS) is 14.6. The average molecular weight is 383 g/mol. The molecule has 0 saturated carbocycles. The summed E-state index contributed by atoms with van der Waals surface area (Å²) in [5.41, 5.74) is 2.38. The first-order valence-electron chi connectivity index (χ1n) is 9.13. The van der Waals surface area contributed by atoms with E-state index in [1.165, 1.54) is 0 Å². The second kappa shape index (κ2) is 7.75. The standard InChI is InChI=1S/C20H21N3O5/c1-23-9-5-14-10-15-18(28-12-27-15)19(17(14)20(23)25)26-11-16(24)22-8-4-13-2-6-21-7-3-13/h2-3,6-7,10H,4-5,8-9,11-12H2,1H3,(H,22,24). The Hall–Kier alpha value is -3.29. The van der Waals surface area contributed by atoms with Gasteiger partial charge < -0.3 is 24.4 Å². The smallest absolute Gasteiger partial charge is 0.257 e. The zero-order valence-electron chi connectivity index (χ0n) is 15.6. The lowest BCUT2D eigenvalue weighted by Gasteiger charge is -2.27. The van der Waals surface area contributed by atoms with Crippen molar-refractivity contribution in [3.63, 3.8) is 0 Å². The van der Waals surface area contributed by atoms with Crippen LogP contribution in [0, 0.1) is 0 Å². The lowest BCUT2D eigenvalue weighted by molar-refractivity contribution is -0.123. The Morgan fingerprint density at radius 3 is 2.96 bits per heavy atom. The van der Waals surface area contributed by atoms with Crippen LogP contribution in [0.25, 0.3) is 0 Å². The minimum absolute atomic E-state index is 0.0662. The summed E-state index contributed by atoms with van der Waals surface area (Å²) in [4.78, 5) is 30.5. The number of nitrogens with zero attached hydrogens (tertiary/aromatic N) is 2. The first-order valence-corrected chi connectivity index (χ1v) is 9.13. The van der Waals surface area contributed by atoms with Crippen LogP contribution in [0.15, 0.2) is 30.6 Å². The van der Waals surface area contributed by atoms with Crippen molar-refractivity contribution in [2.75, 3.05) is 33.5 Å². The summed E-state index contributed by atoms with van der Waals surface area (Å²) in [6, 6.07) is 5.63. The highest BCUT2D eigenvalue weighted by atomic mass is 16.7. The molecule has 0 radical (unpaired) electrons. The van der Waals surface area contributed by atoms with Crippen LogP contribution in [0.5, 0.6) is 17.2 Å². The van der Waals surface area contributed by atoms with Gasteiger partial charge in [-0.2, -0.15) is 0 Å².